The third kappa shape index (κ3) is 3.12. The summed E-state index contributed by atoms with van der Waals surface area (Å²) in [5.74, 6) is -0.502. The summed E-state index contributed by atoms with van der Waals surface area (Å²) in [6.45, 7) is 3.57. The molecule has 0 unspecified atom stereocenters. The fourth-order valence-electron chi connectivity index (χ4n) is 1.61. The van der Waals surface area contributed by atoms with Crippen LogP contribution in [0, 0.1) is 5.92 Å². The molecule has 0 aliphatic carbocycles. The second-order valence-corrected chi connectivity index (χ2v) is 3.58. The molecule has 0 heterocycles. The van der Waals surface area contributed by atoms with Crippen molar-refractivity contribution in [3.05, 3.63) is 42.5 Å². The first-order valence-corrected chi connectivity index (χ1v) is 5.14. The fraction of sp³-hybridized carbons (Fsp3) is 0.308. The van der Waals surface area contributed by atoms with E-state index in [4.69, 9.17) is 9.84 Å². The van der Waals surface area contributed by atoms with E-state index in [0.29, 0.717) is 12.8 Å². The van der Waals surface area contributed by atoms with Gasteiger partial charge in [-0.2, -0.15) is 0 Å². The van der Waals surface area contributed by atoms with Crippen molar-refractivity contribution in [3.63, 3.8) is 0 Å². The third-order valence-electron chi connectivity index (χ3n) is 2.46. The van der Waals surface area contributed by atoms with Crippen LogP contribution in [0.5, 0.6) is 5.75 Å². The van der Waals surface area contributed by atoms with Crippen LogP contribution in [-0.2, 0) is 11.2 Å². The second kappa shape index (κ2) is 5.95. The van der Waals surface area contributed by atoms with Gasteiger partial charge in [0.05, 0.1) is 13.0 Å². The molecule has 0 saturated heterocycles. The van der Waals surface area contributed by atoms with Gasteiger partial charge in [-0.25, -0.2) is 0 Å². The summed E-state index contributed by atoms with van der Waals surface area (Å²) in [4.78, 5) is 11.0. The molecule has 0 radical (unpaired) electrons. The number of hydrogen-bond acceptors (Lipinski definition) is 2. The lowest BCUT2D eigenvalue weighted by Gasteiger charge is -2.12. The maximum absolute atomic E-state index is 11.0. The number of benzene rings is 1. The number of methoxy groups -OCH3 is 1. The zero-order chi connectivity index (χ0) is 12.0. The Labute approximate surface area is 95.4 Å². The number of hydrogen-bond donors (Lipinski definition) is 1. The Morgan fingerprint density at radius 3 is 2.81 bits per heavy atom. The average Bonchev–Trinajstić information content (AvgIpc) is 2.29. The number of carboxylic acid groups (broad SMARTS) is 1. The standard InChI is InChI=1S/C13H16O3/c1-3-6-11(13(14)15)9-10-7-4-5-8-12(10)16-2/h3-5,7-8,11H,1,6,9H2,2H3,(H,14,15)/t11-/m0/s1. The summed E-state index contributed by atoms with van der Waals surface area (Å²) >= 11 is 0. The number of carboxylic acids is 1. The summed E-state index contributed by atoms with van der Waals surface area (Å²) in [5, 5.41) is 9.04. The monoisotopic (exact) mass is 220 g/mol. The zero-order valence-electron chi connectivity index (χ0n) is 9.35. The van der Waals surface area contributed by atoms with Crippen molar-refractivity contribution in [1.82, 2.24) is 0 Å². The van der Waals surface area contributed by atoms with Crippen molar-refractivity contribution in [2.24, 2.45) is 5.92 Å². The van der Waals surface area contributed by atoms with E-state index in [0.717, 1.165) is 11.3 Å². The molecule has 0 aliphatic heterocycles. The Morgan fingerprint density at radius 2 is 2.25 bits per heavy atom. The molecule has 1 aromatic rings. The SMILES string of the molecule is C=CC[C@@H](Cc1ccccc1OC)C(=O)O. The Hall–Kier alpha value is -1.77. The minimum Gasteiger partial charge on any atom is -0.496 e. The summed E-state index contributed by atoms with van der Waals surface area (Å²) in [6, 6.07) is 7.47. The Kier molecular flexibility index (Phi) is 4.58. The highest BCUT2D eigenvalue weighted by Gasteiger charge is 2.17. The minimum atomic E-state index is -0.800. The fourth-order valence-corrected chi connectivity index (χ4v) is 1.61. The molecule has 0 saturated carbocycles. The van der Waals surface area contributed by atoms with Gasteiger partial charge in [0.15, 0.2) is 0 Å². The predicted octanol–water partition coefficient (Wildman–Crippen LogP) is 2.51. The van der Waals surface area contributed by atoms with E-state index in [1.807, 2.05) is 24.3 Å². The molecule has 86 valence electrons. The molecule has 0 aromatic heterocycles. The van der Waals surface area contributed by atoms with E-state index >= 15 is 0 Å². The first kappa shape index (κ1) is 12.3. The maximum atomic E-state index is 11.0. The summed E-state index contributed by atoms with van der Waals surface area (Å²) in [6.07, 6.45) is 2.56. The highest BCUT2D eigenvalue weighted by molar-refractivity contribution is 5.70. The van der Waals surface area contributed by atoms with Gasteiger partial charge in [0, 0.05) is 0 Å². The smallest absolute Gasteiger partial charge is 0.307 e. The van der Waals surface area contributed by atoms with Crippen LogP contribution in [0.15, 0.2) is 36.9 Å². The zero-order valence-corrected chi connectivity index (χ0v) is 9.35. The molecule has 1 aromatic carbocycles. The molecule has 1 rings (SSSR count). The number of aliphatic carboxylic acids is 1. The van der Waals surface area contributed by atoms with E-state index < -0.39 is 11.9 Å². The van der Waals surface area contributed by atoms with Gasteiger partial charge in [-0.15, -0.1) is 6.58 Å². The molecule has 0 bridgehead atoms. The first-order chi connectivity index (χ1) is 7.69. The summed E-state index contributed by atoms with van der Waals surface area (Å²) < 4.78 is 5.19. The summed E-state index contributed by atoms with van der Waals surface area (Å²) in [7, 11) is 1.59. The van der Waals surface area contributed by atoms with Gasteiger partial charge >= 0.3 is 5.97 Å². The molecule has 0 spiro atoms. The highest BCUT2D eigenvalue weighted by Crippen LogP contribution is 2.22. The van der Waals surface area contributed by atoms with E-state index in [2.05, 4.69) is 6.58 Å². The van der Waals surface area contributed by atoms with Crippen molar-refractivity contribution in [1.29, 1.82) is 0 Å². The van der Waals surface area contributed by atoms with Gasteiger partial charge in [-0.3, -0.25) is 4.79 Å². The Morgan fingerprint density at radius 1 is 1.56 bits per heavy atom. The van der Waals surface area contributed by atoms with Crippen LogP contribution in [0.25, 0.3) is 0 Å². The molecule has 0 fully saturated rings. The van der Waals surface area contributed by atoms with Crippen LogP contribution in [0.1, 0.15) is 12.0 Å². The molecular formula is C13H16O3. The number of allylic oxidation sites excluding steroid dienone is 1. The first-order valence-electron chi connectivity index (χ1n) is 5.14. The predicted molar refractivity (Wildman–Crippen MR) is 62.6 cm³/mol. The lowest BCUT2D eigenvalue weighted by atomic mass is 9.96. The van der Waals surface area contributed by atoms with E-state index in [-0.39, 0.29) is 0 Å². The second-order valence-electron chi connectivity index (χ2n) is 3.58. The molecule has 0 amide bonds. The molecule has 3 heteroatoms. The van der Waals surface area contributed by atoms with Crippen LogP contribution in [-0.4, -0.2) is 18.2 Å². The van der Waals surface area contributed by atoms with Crippen LogP contribution >= 0.6 is 0 Å². The maximum Gasteiger partial charge on any atom is 0.307 e. The van der Waals surface area contributed by atoms with Gasteiger partial charge in [0.2, 0.25) is 0 Å². The van der Waals surface area contributed by atoms with E-state index in [9.17, 15) is 4.79 Å². The number of para-hydroxylation sites is 1. The molecule has 3 nitrogen and oxygen atoms in total. The van der Waals surface area contributed by atoms with Crippen molar-refractivity contribution < 1.29 is 14.6 Å². The average molecular weight is 220 g/mol. The largest absolute Gasteiger partial charge is 0.496 e. The van der Waals surface area contributed by atoms with E-state index in [1.54, 1.807) is 13.2 Å². The van der Waals surface area contributed by atoms with Crippen molar-refractivity contribution in [2.75, 3.05) is 7.11 Å². The van der Waals surface area contributed by atoms with Crippen LogP contribution in [0.4, 0.5) is 0 Å². The molecule has 0 aliphatic rings. The van der Waals surface area contributed by atoms with Crippen molar-refractivity contribution >= 4 is 5.97 Å². The number of ether oxygens (including phenoxy) is 1. The minimum absolute atomic E-state index is 0.436. The third-order valence-corrected chi connectivity index (χ3v) is 2.46. The number of rotatable bonds is 6. The Bertz CT molecular complexity index is 371. The quantitative estimate of drug-likeness (QED) is 0.749. The van der Waals surface area contributed by atoms with Gasteiger partial charge in [0.25, 0.3) is 0 Å². The van der Waals surface area contributed by atoms with Crippen molar-refractivity contribution in [2.45, 2.75) is 12.8 Å². The van der Waals surface area contributed by atoms with Gasteiger partial charge in [0.1, 0.15) is 5.75 Å². The van der Waals surface area contributed by atoms with Crippen LogP contribution < -0.4 is 4.74 Å². The van der Waals surface area contributed by atoms with Crippen LogP contribution in [0.2, 0.25) is 0 Å². The topological polar surface area (TPSA) is 46.5 Å². The molecule has 16 heavy (non-hydrogen) atoms. The summed E-state index contributed by atoms with van der Waals surface area (Å²) in [5.41, 5.74) is 0.916. The lowest BCUT2D eigenvalue weighted by molar-refractivity contribution is -0.141. The highest BCUT2D eigenvalue weighted by atomic mass is 16.5. The molecular weight excluding hydrogens is 204 g/mol. The van der Waals surface area contributed by atoms with Crippen LogP contribution in [0.3, 0.4) is 0 Å². The number of carbonyl (C=O) groups is 1. The normalized spacial score (nSPS) is 11.8. The van der Waals surface area contributed by atoms with Gasteiger partial charge in [-0.05, 0) is 24.5 Å². The van der Waals surface area contributed by atoms with Gasteiger partial charge in [-0.1, -0.05) is 24.3 Å². The van der Waals surface area contributed by atoms with Crippen molar-refractivity contribution in [3.8, 4) is 5.75 Å². The van der Waals surface area contributed by atoms with E-state index in [1.165, 1.54) is 0 Å². The molecule has 1 atom stereocenters. The lowest BCUT2D eigenvalue weighted by Crippen LogP contribution is -2.16. The molecule has 1 N–H and O–H groups in total. The Balaban J connectivity index is 2.84. The van der Waals surface area contributed by atoms with Gasteiger partial charge < -0.3 is 9.84 Å².